The van der Waals surface area contributed by atoms with Crippen LogP contribution in [0.25, 0.3) is 83.3 Å². The summed E-state index contributed by atoms with van der Waals surface area (Å²) in [5.41, 5.74) is 11.5. The van der Waals surface area contributed by atoms with Gasteiger partial charge in [-0.05, 0) is 101 Å². The van der Waals surface area contributed by atoms with Crippen molar-refractivity contribution in [2.75, 3.05) is 0 Å². The molecule has 7 aromatic carbocycles. The van der Waals surface area contributed by atoms with Gasteiger partial charge in [0, 0.05) is 32.9 Å². The lowest BCUT2D eigenvalue weighted by molar-refractivity contribution is -0.132. The second-order valence-electron chi connectivity index (χ2n) is 12.7. The van der Waals surface area contributed by atoms with Crippen LogP contribution in [0, 0.1) is 11.3 Å². The van der Waals surface area contributed by atoms with E-state index in [1.807, 2.05) is 42.5 Å². The third-order valence-electron chi connectivity index (χ3n) is 9.70. The molecular formula is C46H29N3O2. The van der Waals surface area contributed by atoms with Crippen molar-refractivity contribution >= 4 is 55.7 Å². The van der Waals surface area contributed by atoms with Gasteiger partial charge < -0.3 is 14.2 Å². The van der Waals surface area contributed by atoms with Crippen LogP contribution in [0.15, 0.2) is 169 Å². The summed E-state index contributed by atoms with van der Waals surface area (Å²) in [5, 5.41) is 23.1. The van der Waals surface area contributed by atoms with Gasteiger partial charge in [0.2, 0.25) is 0 Å². The topological polar surface area (TPSA) is 71.0 Å². The molecule has 0 radical (unpaired) electrons. The Labute approximate surface area is 293 Å². The molecule has 0 aliphatic rings. The van der Waals surface area contributed by atoms with Gasteiger partial charge in [-0.2, -0.15) is 5.26 Å². The summed E-state index contributed by atoms with van der Waals surface area (Å²) in [4.78, 5) is 11.5. The van der Waals surface area contributed by atoms with E-state index in [1.165, 1.54) is 39.1 Å². The second-order valence-corrected chi connectivity index (χ2v) is 12.7. The summed E-state index contributed by atoms with van der Waals surface area (Å²) < 4.78 is 4.58. The molecule has 0 aliphatic carbocycles. The molecule has 0 aliphatic heterocycles. The Hall–Kier alpha value is -7.16. The zero-order valence-electron chi connectivity index (χ0n) is 27.4. The lowest BCUT2D eigenvalue weighted by Crippen LogP contribution is -1.98. The molecule has 2 aromatic heterocycles. The Morgan fingerprint density at radius 2 is 0.941 bits per heavy atom. The molecule has 0 spiro atoms. The molecule has 240 valence electrons. The number of nitrogens with zero attached hydrogens (tertiary/aromatic N) is 3. The molecule has 1 N–H and O–H groups in total. The fourth-order valence-electron chi connectivity index (χ4n) is 7.34. The Morgan fingerprint density at radius 1 is 0.490 bits per heavy atom. The molecule has 5 nitrogen and oxygen atoms in total. The van der Waals surface area contributed by atoms with Crippen molar-refractivity contribution in [3.8, 4) is 39.7 Å². The number of hydrogen-bond donors (Lipinski definition) is 1. The minimum absolute atomic E-state index is 0.300. The SMILES string of the molecule is N#CC(=Cc1ccc2c(c1)c1ccccc1n2-c1ccc(-n2c3ccc(-c4ccccc4)cc3c3cc(-c4ccccc4)ccc32)cc1)C(=O)O. The van der Waals surface area contributed by atoms with E-state index in [-0.39, 0.29) is 5.57 Å². The van der Waals surface area contributed by atoms with E-state index >= 15 is 0 Å². The number of aliphatic carboxylic acids is 1. The number of para-hydroxylation sites is 1. The Bertz CT molecular complexity index is 2780. The fraction of sp³-hybridized carbons (Fsp3) is 0. The van der Waals surface area contributed by atoms with Gasteiger partial charge >= 0.3 is 5.97 Å². The highest BCUT2D eigenvalue weighted by molar-refractivity contribution is 6.12. The molecule has 9 rings (SSSR count). The van der Waals surface area contributed by atoms with Crippen LogP contribution in [0.1, 0.15) is 5.56 Å². The van der Waals surface area contributed by atoms with Crippen molar-refractivity contribution < 1.29 is 9.90 Å². The van der Waals surface area contributed by atoms with Crippen LogP contribution >= 0.6 is 0 Å². The third kappa shape index (κ3) is 5.06. The smallest absolute Gasteiger partial charge is 0.346 e. The van der Waals surface area contributed by atoms with Crippen molar-refractivity contribution in [1.82, 2.24) is 9.13 Å². The molecule has 0 saturated carbocycles. The Morgan fingerprint density at radius 3 is 1.45 bits per heavy atom. The predicted molar refractivity (Wildman–Crippen MR) is 207 cm³/mol. The van der Waals surface area contributed by atoms with E-state index in [0.717, 1.165) is 44.2 Å². The number of carboxylic acids is 1. The zero-order chi connectivity index (χ0) is 34.5. The highest BCUT2D eigenvalue weighted by Crippen LogP contribution is 2.38. The van der Waals surface area contributed by atoms with Gasteiger partial charge in [-0.1, -0.05) is 97.1 Å². The van der Waals surface area contributed by atoms with Crippen molar-refractivity contribution in [3.63, 3.8) is 0 Å². The van der Waals surface area contributed by atoms with Crippen molar-refractivity contribution in [1.29, 1.82) is 5.26 Å². The number of fused-ring (bicyclic) bond motifs is 6. The molecule has 5 heteroatoms. The number of carbonyl (C=O) groups is 1. The molecule has 0 atom stereocenters. The van der Waals surface area contributed by atoms with E-state index in [9.17, 15) is 15.2 Å². The molecule has 0 saturated heterocycles. The van der Waals surface area contributed by atoms with E-state index in [2.05, 4.69) is 130 Å². The lowest BCUT2D eigenvalue weighted by Gasteiger charge is -2.12. The summed E-state index contributed by atoms with van der Waals surface area (Å²) >= 11 is 0. The molecule has 0 unspecified atom stereocenters. The first kappa shape index (κ1) is 29.9. The summed E-state index contributed by atoms with van der Waals surface area (Å²) in [6, 6.07) is 59.0. The minimum Gasteiger partial charge on any atom is -0.477 e. The summed E-state index contributed by atoms with van der Waals surface area (Å²) in [5.74, 6) is -1.24. The maximum absolute atomic E-state index is 11.5. The maximum atomic E-state index is 11.5. The van der Waals surface area contributed by atoms with E-state index in [1.54, 1.807) is 6.07 Å². The van der Waals surface area contributed by atoms with Gasteiger partial charge in [0.05, 0.1) is 22.1 Å². The first-order chi connectivity index (χ1) is 25.1. The van der Waals surface area contributed by atoms with E-state index < -0.39 is 5.97 Å². The number of benzene rings is 7. The zero-order valence-corrected chi connectivity index (χ0v) is 27.4. The van der Waals surface area contributed by atoms with Gasteiger partial charge in [0.1, 0.15) is 11.6 Å². The Balaban J connectivity index is 1.20. The molecule has 51 heavy (non-hydrogen) atoms. The average Bonchev–Trinajstić information content (AvgIpc) is 3.69. The summed E-state index contributed by atoms with van der Waals surface area (Å²) in [7, 11) is 0. The number of aromatic nitrogens is 2. The van der Waals surface area contributed by atoms with Crippen molar-refractivity contribution in [3.05, 3.63) is 175 Å². The first-order valence-electron chi connectivity index (χ1n) is 16.8. The normalized spacial score (nSPS) is 11.8. The average molecular weight is 656 g/mol. The van der Waals surface area contributed by atoms with Crippen LogP contribution in [0.2, 0.25) is 0 Å². The minimum atomic E-state index is -1.24. The highest BCUT2D eigenvalue weighted by atomic mass is 16.4. The van der Waals surface area contributed by atoms with Gasteiger partial charge in [-0.15, -0.1) is 0 Å². The molecule has 0 bridgehead atoms. The van der Waals surface area contributed by atoms with Gasteiger partial charge in [-0.25, -0.2) is 4.79 Å². The van der Waals surface area contributed by atoms with Gasteiger partial charge in [0.25, 0.3) is 0 Å². The van der Waals surface area contributed by atoms with Crippen LogP contribution < -0.4 is 0 Å². The molecule has 0 fully saturated rings. The molecule has 9 aromatic rings. The summed E-state index contributed by atoms with van der Waals surface area (Å²) in [6.45, 7) is 0. The quantitative estimate of drug-likeness (QED) is 0.143. The highest BCUT2D eigenvalue weighted by Gasteiger charge is 2.17. The van der Waals surface area contributed by atoms with E-state index in [4.69, 9.17) is 0 Å². The molecule has 2 heterocycles. The van der Waals surface area contributed by atoms with Crippen LogP contribution in [0.5, 0.6) is 0 Å². The van der Waals surface area contributed by atoms with E-state index in [0.29, 0.717) is 5.56 Å². The second kappa shape index (κ2) is 12.1. The van der Waals surface area contributed by atoms with Crippen molar-refractivity contribution in [2.24, 2.45) is 0 Å². The fourth-order valence-corrected chi connectivity index (χ4v) is 7.34. The summed E-state index contributed by atoms with van der Waals surface area (Å²) in [6.07, 6.45) is 1.42. The third-order valence-corrected chi connectivity index (χ3v) is 9.70. The first-order valence-corrected chi connectivity index (χ1v) is 16.8. The van der Waals surface area contributed by atoms with Crippen molar-refractivity contribution in [2.45, 2.75) is 0 Å². The van der Waals surface area contributed by atoms with Gasteiger partial charge in [0.15, 0.2) is 0 Å². The largest absolute Gasteiger partial charge is 0.477 e. The number of nitriles is 1. The van der Waals surface area contributed by atoms with Crippen LogP contribution in [-0.2, 0) is 4.79 Å². The standard InChI is InChI=1S/C46H29N3O2/c47-29-35(46(50)51)25-30-15-22-43-39(26-30)38-13-7-8-14-42(38)48(43)36-18-20-37(21-19-36)49-44-23-16-33(31-9-3-1-4-10-31)27-40(44)41-28-34(17-24-45(41)49)32-11-5-2-6-12-32/h1-28H,(H,50,51). The molecule has 0 amide bonds. The predicted octanol–water partition coefficient (Wildman–Crippen LogP) is 11.2. The monoisotopic (exact) mass is 655 g/mol. The Kier molecular flexibility index (Phi) is 7.08. The van der Waals surface area contributed by atoms with Gasteiger partial charge in [-0.3, -0.25) is 0 Å². The number of rotatable bonds is 6. The number of hydrogen-bond acceptors (Lipinski definition) is 2. The number of carboxylic acid groups (broad SMARTS) is 1. The lowest BCUT2D eigenvalue weighted by atomic mass is 10.0. The maximum Gasteiger partial charge on any atom is 0.346 e. The van der Waals surface area contributed by atoms with Crippen LogP contribution in [-0.4, -0.2) is 20.2 Å². The van der Waals surface area contributed by atoms with Crippen LogP contribution in [0.3, 0.4) is 0 Å². The van der Waals surface area contributed by atoms with Crippen LogP contribution in [0.4, 0.5) is 0 Å². The molecular weight excluding hydrogens is 627 g/mol.